The summed E-state index contributed by atoms with van der Waals surface area (Å²) in [4.78, 5) is 24.0. The minimum absolute atomic E-state index is 0.0702. The second-order valence-corrected chi connectivity index (χ2v) is 6.47. The lowest BCUT2D eigenvalue weighted by molar-refractivity contribution is -0.383. The molecule has 2 aromatic carbocycles. The second-order valence-electron chi connectivity index (χ2n) is 6.47. The third kappa shape index (κ3) is 3.22. The minimum atomic E-state index is -0.381. The molecule has 3 aromatic rings. The number of hydrogen-bond donors (Lipinski definition) is 0. The summed E-state index contributed by atoms with van der Waals surface area (Å²) in [5.74, 6) is 0.650. The number of ether oxygens (including phenoxy) is 1. The highest BCUT2D eigenvalue weighted by Gasteiger charge is 2.31. The number of fused-ring (bicyclic) bond motifs is 1. The fourth-order valence-corrected chi connectivity index (χ4v) is 3.61. The van der Waals surface area contributed by atoms with Gasteiger partial charge in [0.1, 0.15) is 6.33 Å². The van der Waals surface area contributed by atoms with E-state index in [0.29, 0.717) is 44.5 Å². The summed E-state index contributed by atoms with van der Waals surface area (Å²) in [6, 6.07) is 13.9. The number of anilines is 3. The summed E-state index contributed by atoms with van der Waals surface area (Å²) in [6.07, 6.45) is 1.40. The minimum Gasteiger partial charge on any atom is -0.378 e. The number of hydrogen-bond acceptors (Lipinski definition) is 7. The normalized spacial score (nSPS) is 14.2. The molecule has 1 aliphatic heterocycles. The van der Waals surface area contributed by atoms with Gasteiger partial charge in [0.25, 0.3) is 0 Å². The Hall–Kier alpha value is -3.26. The average Bonchev–Trinajstić information content (AvgIpc) is 2.75. The van der Waals surface area contributed by atoms with Gasteiger partial charge in [-0.2, -0.15) is 0 Å². The number of nitro groups is 1. The monoisotopic (exact) mass is 379 g/mol. The number of nitrogens with zero attached hydrogens (tertiary/aromatic N) is 5. The topological polar surface area (TPSA) is 84.6 Å². The molecule has 1 aliphatic rings. The molecule has 8 nitrogen and oxygen atoms in total. The zero-order chi connectivity index (χ0) is 19.5. The van der Waals surface area contributed by atoms with Crippen LogP contribution in [0.4, 0.5) is 23.0 Å². The lowest BCUT2D eigenvalue weighted by Crippen LogP contribution is -2.37. The summed E-state index contributed by atoms with van der Waals surface area (Å²) in [6.45, 7) is 4.68. The van der Waals surface area contributed by atoms with E-state index in [-0.39, 0.29) is 10.6 Å². The van der Waals surface area contributed by atoms with E-state index < -0.39 is 0 Å². The Kier molecular flexibility index (Phi) is 5.03. The molecule has 0 atom stereocenters. The van der Waals surface area contributed by atoms with Crippen LogP contribution in [0.1, 0.15) is 6.92 Å². The summed E-state index contributed by atoms with van der Waals surface area (Å²) in [5, 5.41) is 14.1. The van der Waals surface area contributed by atoms with Crippen molar-refractivity contribution in [1.29, 1.82) is 0 Å². The first kappa shape index (κ1) is 18.1. The smallest absolute Gasteiger partial charge is 0.354 e. The highest BCUT2D eigenvalue weighted by atomic mass is 16.6. The Bertz CT molecular complexity index is 999. The van der Waals surface area contributed by atoms with Crippen LogP contribution in [0.3, 0.4) is 0 Å². The van der Waals surface area contributed by atoms with Crippen molar-refractivity contribution < 1.29 is 9.66 Å². The average molecular weight is 379 g/mol. The van der Waals surface area contributed by atoms with Gasteiger partial charge in [-0.3, -0.25) is 10.1 Å². The van der Waals surface area contributed by atoms with Crippen LogP contribution in [0.25, 0.3) is 10.8 Å². The predicted molar refractivity (Wildman–Crippen MR) is 108 cm³/mol. The van der Waals surface area contributed by atoms with Gasteiger partial charge in [0.05, 0.1) is 23.8 Å². The lowest BCUT2D eigenvalue weighted by Gasteiger charge is -2.29. The van der Waals surface area contributed by atoms with Crippen LogP contribution in [0.5, 0.6) is 0 Å². The fourth-order valence-electron chi connectivity index (χ4n) is 3.61. The molecule has 2 heterocycles. The molecule has 28 heavy (non-hydrogen) atoms. The van der Waals surface area contributed by atoms with Crippen molar-refractivity contribution in [1.82, 2.24) is 9.97 Å². The maximum Gasteiger partial charge on any atom is 0.354 e. The summed E-state index contributed by atoms with van der Waals surface area (Å²) in [7, 11) is 0. The standard InChI is InChI=1S/C20H21N5O3/c1-2-24(17-9-5-7-15-6-3-4-8-16(15)17)20-18(25(26)27)19(21-14-22-20)23-10-12-28-13-11-23/h3-9,14H,2,10-13H2,1H3. The van der Waals surface area contributed by atoms with E-state index in [0.717, 1.165) is 16.5 Å². The molecule has 144 valence electrons. The van der Waals surface area contributed by atoms with Gasteiger partial charge in [0.2, 0.25) is 11.6 Å². The van der Waals surface area contributed by atoms with E-state index in [1.54, 1.807) is 0 Å². The van der Waals surface area contributed by atoms with Gasteiger partial charge >= 0.3 is 5.69 Å². The Balaban J connectivity index is 1.87. The number of aromatic nitrogens is 2. The highest BCUT2D eigenvalue weighted by Crippen LogP contribution is 2.39. The van der Waals surface area contributed by atoms with Gasteiger partial charge in [-0.15, -0.1) is 0 Å². The van der Waals surface area contributed by atoms with Gasteiger partial charge < -0.3 is 14.5 Å². The third-order valence-electron chi connectivity index (χ3n) is 4.91. The molecule has 0 unspecified atom stereocenters. The maximum absolute atomic E-state index is 12.0. The number of rotatable bonds is 5. The van der Waals surface area contributed by atoms with Crippen molar-refractivity contribution in [3.63, 3.8) is 0 Å². The van der Waals surface area contributed by atoms with Crippen LogP contribution in [0.15, 0.2) is 48.8 Å². The number of benzene rings is 2. The Morgan fingerprint density at radius 2 is 1.89 bits per heavy atom. The molecular weight excluding hydrogens is 358 g/mol. The fraction of sp³-hybridized carbons (Fsp3) is 0.300. The first-order valence-corrected chi connectivity index (χ1v) is 9.28. The SMILES string of the molecule is CCN(c1ncnc(N2CCOCC2)c1[N+](=O)[O-])c1cccc2ccccc12. The van der Waals surface area contributed by atoms with Crippen molar-refractivity contribution in [2.24, 2.45) is 0 Å². The molecule has 0 radical (unpaired) electrons. The number of morpholine rings is 1. The molecule has 1 fully saturated rings. The van der Waals surface area contributed by atoms with Crippen LogP contribution < -0.4 is 9.80 Å². The molecule has 0 spiro atoms. The van der Waals surface area contributed by atoms with Crippen LogP contribution in [0.2, 0.25) is 0 Å². The summed E-state index contributed by atoms with van der Waals surface area (Å²) in [5.41, 5.74) is 0.814. The molecule has 0 saturated carbocycles. The Morgan fingerprint density at radius 1 is 1.14 bits per heavy atom. The Labute approximate surface area is 162 Å². The van der Waals surface area contributed by atoms with Gasteiger partial charge in [-0.1, -0.05) is 36.4 Å². The molecule has 0 N–H and O–H groups in total. The molecule has 0 bridgehead atoms. The second kappa shape index (κ2) is 7.77. The van der Waals surface area contributed by atoms with Crippen LogP contribution in [-0.4, -0.2) is 47.7 Å². The molecule has 1 aromatic heterocycles. The zero-order valence-electron chi connectivity index (χ0n) is 15.6. The zero-order valence-corrected chi connectivity index (χ0v) is 15.6. The predicted octanol–water partition coefficient (Wildman–Crippen LogP) is 3.53. The lowest BCUT2D eigenvalue weighted by atomic mass is 10.1. The first-order valence-electron chi connectivity index (χ1n) is 9.28. The Morgan fingerprint density at radius 3 is 2.64 bits per heavy atom. The van der Waals surface area contributed by atoms with E-state index in [9.17, 15) is 10.1 Å². The molecule has 1 saturated heterocycles. The van der Waals surface area contributed by atoms with Gasteiger partial charge in [-0.05, 0) is 18.4 Å². The van der Waals surface area contributed by atoms with E-state index in [1.165, 1.54) is 6.33 Å². The highest BCUT2D eigenvalue weighted by molar-refractivity contribution is 5.96. The van der Waals surface area contributed by atoms with E-state index in [1.807, 2.05) is 59.2 Å². The maximum atomic E-state index is 12.0. The van der Waals surface area contributed by atoms with Gasteiger partial charge in [0.15, 0.2) is 0 Å². The van der Waals surface area contributed by atoms with Gasteiger partial charge in [-0.25, -0.2) is 9.97 Å². The van der Waals surface area contributed by atoms with Crippen molar-refractivity contribution in [2.45, 2.75) is 6.92 Å². The van der Waals surface area contributed by atoms with Crippen LogP contribution in [0, 0.1) is 10.1 Å². The van der Waals surface area contributed by atoms with Crippen molar-refractivity contribution in [3.8, 4) is 0 Å². The van der Waals surface area contributed by atoms with Crippen molar-refractivity contribution in [2.75, 3.05) is 42.6 Å². The van der Waals surface area contributed by atoms with E-state index >= 15 is 0 Å². The quantitative estimate of drug-likeness (QED) is 0.495. The molecular formula is C20H21N5O3. The molecule has 0 aliphatic carbocycles. The largest absolute Gasteiger partial charge is 0.378 e. The van der Waals surface area contributed by atoms with Crippen molar-refractivity contribution >= 4 is 33.8 Å². The van der Waals surface area contributed by atoms with Gasteiger partial charge in [0, 0.05) is 25.0 Å². The van der Waals surface area contributed by atoms with Crippen molar-refractivity contribution in [3.05, 3.63) is 58.9 Å². The summed E-state index contributed by atoms with van der Waals surface area (Å²) >= 11 is 0. The van der Waals surface area contributed by atoms with Crippen LogP contribution in [-0.2, 0) is 4.74 Å². The first-order chi connectivity index (χ1) is 13.7. The molecule has 0 amide bonds. The van der Waals surface area contributed by atoms with Crippen LogP contribution >= 0.6 is 0 Å². The third-order valence-corrected chi connectivity index (χ3v) is 4.91. The van der Waals surface area contributed by atoms with E-state index in [4.69, 9.17) is 4.74 Å². The molecule has 8 heteroatoms. The molecule has 4 rings (SSSR count). The van der Waals surface area contributed by atoms with E-state index in [2.05, 4.69) is 9.97 Å². The summed E-state index contributed by atoms with van der Waals surface area (Å²) < 4.78 is 5.37.